The summed E-state index contributed by atoms with van der Waals surface area (Å²) in [6, 6.07) is 7.33. The molecule has 1 saturated heterocycles. The Morgan fingerprint density at radius 1 is 1.23 bits per heavy atom. The number of rotatable bonds is 4. The first-order valence-electron chi connectivity index (χ1n) is 7.48. The molecule has 0 bridgehead atoms. The summed E-state index contributed by atoms with van der Waals surface area (Å²) in [7, 11) is 1.75. The maximum absolute atomic E-state index is 12.6. The maximum Gasteiger partial charge on any atom is 0.257 e. The molecule has 2 aromatic rings. The van der Waals surface area contributed by atoms with E-state index in [-0.39, 0.29) is 12.5 Å². The van der Waals surface area contributed by atoms with Gasteiger partial charge in [-0.25, -0.2) is 4.68 Å². The lowest BCUT2D eigenvalue weighted by atomic mass is 10.1. The van der Waals surface area contributed by atoms with Crippen LogP contribution in [0.1, 0.15) is 35.4 Å². The van der Waals surface area contributed by atoms with E-state index in [0.717, 1.165) is 25.9 Å². The molecule has 0 N–H and O–H groups in total. The molecule has 1 aromatic carbocycles. The second-order valence-corrected chi connectivity index (χ2v) is 5.36. The molecule has 0 unspecified atom stereocenters. The number of amides is 1. The van der Waals surface area contributed by atoms with Gasteiger partial charge in [0.2, 0.25) is 0 Å². The van der Waals surface area contributed by atoms with Crippen LogP contribution in [0.3, 0.4) is 0 Å². The highest BCUT2D eigenvalue weighted by atomic mass is 16.5. The van der Waals surface area contributed by atoms with Gasteiger partial charge in [-0.05, 0) is 41.8 Å². The molecular formula is C15H19N5O2. The van der Waals surface area contributed by atoms with Crippen molar-refractivity contribution < 1.29 is 9.53 Å². The number of aromatic nitrogens is 4. The molecule has 1 aliphatic rings. The summed E-state index contributed by atoms with van der Waals surface area (Å²) in [5.41, 5.74) is 0.597. The van der Waals surface area contributed by atoms with Crippen LogP contribution < -0.4 is 4.74 Å². The van der Waals surface area contributed by atoms with Crippen LogP contribution in [0.25, 0.3) is 0 Å². The van der Waals surface area contributed by atoms with E-state index >= 15 is 0 Å². The van der Waals surface area contributed by atoms with E-state index in [1.165, 1.54) is 6.42 Å². The molecule has 0 spiro atoms. The van der Waals surface area contributed by atoms with Crippen LogP contribution in [0.5, 0.6) is 5.75 Å². The monoisotopic (exact) mass is 301 g/mol. The van der Waals surface area contributed by atoms with Gasteiger partial charge in [-0.1, -0.05) is 12.1 Å². The average Bonchev–Trinajstić information content (AvgIpc) is 2.98. The van der Waals surface area contributed by atoms with Gasteiger partial charge >= 0.3 is 0 Å². The summed E-state index contributed by atoms with van der Waals surface area (Å²) in [5, 5.41) is 11.2. The second kappa shape index (κ2) is 6.55. The van der Waals surface area contributed by atoms with Gasteiger partial charge in [-0.15, -0.1) is 5.10 Å². The third kappa shape index (κ3) is 3.08. The van der Waals surface area contributed by atoms with Crippen LogP contribution in [0.4, 0.5) is 0 Å². The molecule has 0 radical (unpaired) electrons. The molecule has 116 valence electrons. The van der Waals surface area contributed by atoms with E-state index < -0.39 is 0 Å². The van der Waals surface area contributed by atoms with Crippen molar-refractivity contribution in [2.45, 2.75) is 25.9 Å². The van der Waals surface area contributed by atoms with Gasteiger partial charge in [0, 0.05) is 20.1 Å². The van der Waals surface area contributed by atoms with Crippen molar-refractivity contribution in [3.05, 3.63) is 35.7 Å². The molecule has 0 aliphatic carbocycles. The van der Waals surface area contributed by atoms with Crippen LogP contribution in [-0.2, 0) is 13.7 Å². The Labute approximate surface area is 128 Å². The molecule has 2 heterocycles. The Morgan fingerprint density at radius 3 is 2.73 bits per heavy atom. The molecular weight excluding hydrogens is 282 g/mol. The zero-order chi connectivity index (χ0) is 15.4. The summed E-state index contributed by atoms with van der Waals surface area (Å²) in [6.45, 7) is 1.87. The van der Waals surface area contributed by atoms with Crippen molar-refractivity contribution in [3.63, 3.8) is 0 Å². The number of aryl methyl sites for hydroxylation is 1. The number of piperidine rings is 1. The topological polar surface area (TPSA) is 73.1 Å². The number of nitrogens with zero attached hydrogens (tertiary/aromatic N) is 5. The number of likely N-dealkylation sites (tertiary alicyclic amines) is 1. The van der Waals surface area contributed by atoms with Crippen molar-refractivity contribution in [2.24, 2.45) is 7.05 Å². The lowest BCUT2D eigenvalue weighted by Crippen LogP contribution is -2.35. The standard InChI is InChI=1S/C15H19N5O2/c1-19-14(16-17-18-19)11-22-13-8-4-3-7-12(13)15(21)20-9-5-2-6-10-20/h3-4,7-8H,2,5-6,9-11H2,1H3. The number of hydrogen-bond donors (Lipinski definition) is 0. The average molecular weight is 301 g/mol. The summed E-state index contributed by atoms with van der Waals surface area (Å²) >= 11 is 0. The Balaban J connectivity index is 1.74. The van der Waals surface area contributed by atoms with Gasteiger partial charge in [0.25, 0.3) is 5.91 Å². The fraction of sp³-hybridized carbons (Fsp3) is 0.467. The minimum atomic E-state index is 0.0337. The van der Waals surface area contributed by atoms with Crippen molar-refractivity contribution in [1.82, 2.24) is 25.1 Å². The third-order valence-electron chi connectivity index (χ3n) is 3.83. The smallest absolute Gasteiger partial charge is 0.257 e. The summed E-state index contributed by atoms with van der Waals surface area (Å²) in [6.07, 6.45) is 3.33. The fourth-order valence-electron chi connectivity index (χ4n) is 2.55. The number of ether oxygens (including phenoxy) is 1. The normalized spacial score (nSPS) is 14.9. The SMILES string of the molecule is Cn1nnnc1COc1ccccc1C(=O)N1CCCCC1. The second-order valence-electron chi connectivity index (χ2n) is 5.36. The zero-order valence-corrected chi connectivity index (χ0v) is 12.6. The van der Waals surface area contributed by atoms with E-state index in [9.17, 15) is 4.79 Å². The van der Waals surface area contributed by atoms with Crippen LogP contribution in [0.15, 0.2) is 24.3 Å². The molecule has 3 rings (SSSR count). The van der Waals surface area contributed by atoms with Gasteiger partial charge in [-0.3, -0.25) is 4.79 Å². The zero-order valence-electron chi connectivity index (χ0n) is 12.6. The Morgan fingerprint density at radius 2 is 2.00 bits per heavy atom. The Bertz CT molecular complexity index is 649. The number of para-hydroxylation sites is 1. The number of carbonyl (C=O) groups is 1. The maximum atomic E-state index is 12.6. The molecule has 0 saturated carbocycles. The van der Waals surface area contributed by atoms with Gasteiger partial charge in [0.05, 0.1) is 5.56 Å². The lowest BCUT2D eigenvalue weighted by molar-refractivity contribution is 0.0719. The lowest BCUT2D eigenvalue weighted by Gasteiger charge is -2.27. The minimum Gasteiger partial charge on any atom is -0.485 e. The van der Waals surface area contributed by atoms with Crippen LogP contribution in [0.2, 0.25) is 0 Å². The summed E-state index contributed by atoms with van der Waals surface area (Å²) < 4.78 is 7.31. The molecule has 1 fully saturated rings. The quantitative estimate of drug-likeness (QED) is 0.854. The van der Waals surface area contributed by atoms with E-state index in [1.807, 2.05) is 17.0 Å². The highest BCUT2D eigenvalue weighted by Crippen LogP contribution is 2.22. The Kier molecular flexibility index (Phi) is 4.32. The molecule has 7 heteroatoms. The van der Waals surface area contributed by atoms with E-state index in [4.69, 9.17) is 4.74 Å². The van der Waals surface area contributed by atoms with E-state index in [2.05, 4.69) is 15.5 Å². The molecule has 7 nitrogen and oxygen atoms in total. The highest BCUT2D eigenvalue weighted by Gasteiger charge is 2.21. The first-order valence-corrected chi connectivity index (χ1v) is 7.48. The number of hydrogen-bond acceptors (Lipinski definition) is 5. The van der Waals surface area contributed by atoms with Crippen LogP contribution >= 0.6 is 0 Å². The van der Waals surface area contributed by atoms with Gasteiger partial charge in [0.1, 0.15) is 12.4 Å². The van der Waals surface area contributed by atoms with Crippen molar-refractivity contribution in [1.29, 1.82) is 0 Å². The van der Waals surface area contributed by atoms with Crippen molar-refractivity contribution >= 4 is 5.91 Å². The highest BCUT2D eigenvalue weighted by molar-refractivity contribution is 5.97. The van der Waals surface area contributed by atoms with Crippen LogP contribution in [0, 0.1) is 0 Å². The van der Waals surface area contributed by atoms with E-state index in [1.54, 1.807) is 23.9 Å². The summed E-state index contributed by atoms with van der Waals surface area (Å²) in [4.78, 5) is 14.5. The van der Waals surface area contributed by atoms with Crippen molar-refractivity contribution in [2.75, 3.05) is 13.1 Å². The minimum absolute atomic E-state index is 0.0337. The molecule has 1 aromatic heterocycles. The van der Waals surface area contributed by atoms with Gasteiger partial charge in [0.15, 0.2) is 5.82 Å². The first-order chi connectivity index (χ1) is 10.8. The molecule has 22 heavy (non-hydrogen) atoms. The molecule has 0 atom stereocenters. The van der Waals surface area contributed by atoms with Gasteiger partial charge in [-0.2, -0.15) is 0 Å². The first kappa shape index (κ1) is 14.5. The van der Waals surface area contributed by atoms with Gasteiger partial charge < -0.3 is 9.64 Å². The molecule has 1 aliphatic heterocycles. The predicted molar refractivity (Wildman–Crippen MR) is 79.3 cm³/mol. The Hall–Kier alpha value is -2.44. The number of benzene rings is 1. The summed E-state index contributed by atoms with van der Waals surface area (Å²) in [5.74, 6) is 1.22. The van der Waals surface area contributed by atoms with Crippen molar-refractivity contribution in [3.8, 4) is 5.75 Å². The van der Waals surface area contributed by atoms with E-state index in [0.29, 0.717) is 17.1 Å². The van der Waals surface area contributed by atoms with Crippen LogP contribution in [-0.4, -0.2) is 44.1 Å². The number of carbonyl (C=O) groups excluding carboxylic acids is 1. The predicted octanol–water partition coefficient (Wildman–Crippen LogP) is 1.42. The fourth-order valence-corrected chi connectivity index (χ4v) is 2.55. The third-order valence-corrected chi connectivity index (χ3v) is 3.83. The largest absolute Gasteiger partial charge is 0.485 e. The number of tetrazole rings is 1. The molecule has 1 amide bonds.